The molecule has 0 heterocycles. The van der Waals surface area contributed by atoms with Crippen LogP contribution in [0.5, 0.6) is 0 Å². The highest BCUT2D eigenvalue weighted by Crippen LogP contribution is 1.95. The summed E-state index contributed by atoms with van der Waals surface area (Å²) in [6, 6.07) is 0. The second-order valence-corrected chi connectivity index (χ2v) is 5.15. The van der Waals surface area contributed by atoms with Gasteiger partial charge >= 0.3 is 0 Å². The van der Waals surface area contributed by atoms with Crippen molar-refractivity contribution in [2.24, 2.45) is 0 Å². The van der Waals surface area contributed by atoms with Crippen LogP contribution >= 0.6 is 78.3 Å². The van der Waals surface area contributed by atoms with Crippen LogP contribution in [0.1, 0.15) is 6.92 Å². The minimum absolute atomic E-state index is 0.222. The molecule has 0 aliphatic carbocycles. The number of hydrogen-bond donors (Lipinski definition) is 0. The monoisotopic (exact) mass is 382 g/mol. The van der Waals surface area contributed by atoms with E-state index < -0.39 is 0 Å². The average molecular weight is 386 g/mol. The van der Waals surface area contributed by atoms with Crippen LogP contribution in [0.3, 0.4) is 0 Å². The van der Waals surface area contributed by atoms with Gasteiger partial charge in [0.05, 0.1) is 0 Å². The quantitative estimate of drug-likeness (QED) is 0.583. The summed E-state index contributed by atoms with van der Waals surface area (Å²) in [5.41, 5.74) is 0. The third kappa shape index (κ3) is 88.3. The largest absolute Gasteiger partial charge is 0.125 e. The summed E-state index contributed by atoms with van der Waals surface area (Å²) < 4.78 is 0. The summed E-state index contributed by atoms with van der Waals surface area (Å²) >= 11 is 26.6. The fraction of sp³-hybridized carbons (Fsp3) is 1.00. The summed E-state index contributed by atoms with van der Waals surface area (Å²) in [6.07, 6.45) is 0. The molecule has 12 heavy (non-hydrogen) atoms. The molecular weight excluding hydrogens is 374 g/mol. The molecule has 6 heteroatoms. The Morgan fingerprint density at radius 3 is 1.17 bits per heavy atom. The zero-order valence-corrected chi connectivity index (χ0v) is 12.9. The lowest BCUT2D eigenvalue weighted by Gasteiger charge is -1.72. The third-order valence-electron chi connectivity index (χ3n) is 0.143. The summed E-state index contributed by atoms with van der Waals surface area (Å²) in [5, 5.41) is 2.10. The van der Waals surface area contributed by atoms with Gasteiger partial charge in [-0.05, 0) is 6.92 Å². The molecule has 0 spiro atoms. The molecule has 0 aromatic rings. The molecule has 0 nitrogen and oxygen atoms in total. The number of halogens is 6. The summed E-state index contributed by atoms with van der Waals surface area (Å²) in [4.78, 5) is -0.222. The molecule has 78 valence electrons. The highest BCUT2D eigenvalue weighted by atomic mass is 79.9. The van der Waals surface area contributed by atoms with Gasteiger partial charge in [-0.15, -0.1) is 46.4 Å². The highest BCUT2D eigenvalue weighted by molar-refractivity contribution is 9.11. The van der Waals surface area contributed by atoms with E-state index in [1.807, 2.05) is 0 Å². The van der Waals surface area contributed by atoms with Crippen LogP contribution in [-0.4, -0.2) is 27.3 Å². The molecule has 0 bridgehead atoms. The highest BCUT2D eigenvalue weighted by Gasteiger charge is 1.75. The van der Waals surface area contributed by atoms with Gasteiger partial charge < -0.3 is 0 Å². The predicted molar refractivity (Wildman–Crippen MR) is 70.2 cm³/mol. The Labute approximate surface area is 112 Å². The second-order valence-electron chi connectivity index (χ2n) is 1.27. The van der Waals surface area contributed by atoms with Gasteiger partial charge in [-0.25, -0.2) is 0 Å². The van der Waals surface area contributed by atoms with E-state index in [9.17, 15) is 0 Å². The molecule has 0 radical (unpaired) electrons. The van der Waals surface area contributed by atoms with Crippen LogP contribution in [0.2, 0.25) is 0 Å². The van der Waals surface area contributed by atoms with Crippen LogP contribution in [0.15, 0.2) is 0 Å². The predicted octanol–water partition coefficient (Wildman–Crippen LogP) is 5.05. The number of alkyl halides is 6. The number of rotatable bonds is 2. The summed E-state index contributed by atoms with van der Waals surface area (Å²) in [7, 11) is 0. The summed E-state index contributed by atoms with van der Waals surface area (Å²) in [6.45, 7) is 1.70. The summed E-state index contributed by atoms with van der Waals surface area (Å²) in [5.74, 6) is 1.11. The van der Waals surface area contributed by atoms with Crippen LogP contribution in [0.4, 0.5) is 0 Å². The molecule has 0 amide bonds. The zero-order chi connectivity index (χ0) is 10.4. The number of hydrogen-bond acceptors (Lipinski definition) is 0. The van der Waals surface area contributed by atoms with Crippen molar-refractivity contribution in [2.75, 3.05) is 22.4 Å². The van der Waals surface area contributed by atoms with Crippen molar-refractivity contribution in [2.45, 2.75) is 11.8 Å². The first-order valence-corrected chi connectivity index (χ1v) is 7.27. The fourth-order valence-electron chi connectivity index (χ4n) is 0. The first-order valence-electron chi connectivity index (χ1n) is 3.08. The maximum absolute atomic E-state index is 5.05. The van der Waals surface area contributed by atoms with Gasteiger partial charge in [0, 0.05) is 22.4 Å². The van der Waals surface area contributed by atoms with Crippen LogP contribution < -0.4 is 0 Å². The normalized spacial score (nSPS) is 8.00. The Kier molecular flexibility index (Phi) is 38.0. The van der Waals surface area contributed by atoms with Crippen molar-refractivity contribution < 1.29 is 0 Å². The molecule has 0 aliphatic rings. The third-order valence-corrected chi connectivity index (χ3v) is 2.57. The van der Waals surface area contributed by atoms with Crippen molar-refractivity contribution in [1.29, 1.82) is 0 Å². The fourth-order valence-corrected chi connectivity index (χ4v) is 0. The molecule has 0 saturated carbocycles. The first-order chi connectivity index (χ1) is 5.56. The standard InChI is InChI=1S/C2H4Br2.2C2H4Cl2/c3-1-2-4;1-2(3)4;3-1-2-4/h1-2H2;2H,1H3;1-2H2. The first kappa shape index (κ1) is 19.7. The smallest absolute Gasteiger partial charge is 0.105 e. The van der Waals surface area contributed by atoms with E-state index in [-0.39, 0.29) is 4.84 Å². The molecule has 0 fully saturated rings. The maximum Gasteiger partial charge on any atom is 0.105 e. The SMILES string of the molecule is BrCCBr.CC(Cl)Cl.ClCCCl. The van der Waals surface area contributed by atoms with Gasteiger partial charge in [-0.3, -0.25) is 0 Å². The van der Waals surface area contributed by atoms with Crippen LogP contribution in [0, 0.1) is 0 Å². The molecule has 0 unspecified atom stereocenters. The van der Waals surface area contributed by atoms with Crippen LogP contribution in [-0.2, 0) is 0 Å². The lowest BCUT2D eigenvalue weighted by Crippen LogP contribution is -1.63. The van der Waals surface area contributed by atoms with E-state index in [2.05, 4.69) is 31.9 Å². The topological polar surface area (TPSA) is 0 Å². The average Bonchev–Trinajstić information content (AvgIpc) is 2.03. The molecular formula is C6H12Br2Cl4. The van der Waals surface area contributed by atoms with Crippen molar-refractivity contribution in [3.63, 3.8) is 0 Å². The minimum atomic E-state index is -0.222. The van der Waals surface area contributed by atoms with Gasteiger partial charge in [0.25, 0.3) is 0 Å². The Bertz CT molecular complexity index is 44.1. The van der Waals surface area contributed by atoms with Gasteiger partial charge in [0.1, 0.15) is 4.84 Å². The van der Waals surface area contributed by atoms with Crippen molar-refractivity contribution in [3.05, 3.63) is 0 Å². The lowest BCUT2D eigenvalue weighted by molar-refractivity contribution is 1.39. The van der Waals surface area contributed by atoms with Gasteiger partial charge in [0.15, 0.2) is 0 Å². The lowest BCUT2D eigenvalue weighted by atomic mass is 11.0. The van der Waals surface area contributed by atoms with Crippen molar-refractivity contribution >= 4 is 78.3 Å². The van der Waals surface area contributed by atoms with E-state index in [0.717, 1.165) is 10.7 Å². The van der Waals surface area contributed by atoms with Crippen LogP contribution in [0.25, 0.3) is 0 Å². The van der Waals surface area contributed by atoms with E-state index in [0.29, 0.717) is 11.8 Å². The van der Waals surface area contributed by atoms with Gasteiger partial charge in [-0.1, -0.05) is 31.9 Å². The molecule has 0 aliphatic heterocycles. The molecule has 0 aromatic carbocycles. The van der Waals surface area contributed by atoms with E-state index in [1.165, 1.54) is 0 Å². The molecule has 0 atom stereocenters. The van der Waals surface area contributed by atoms with Gasteiger partial charge in [-0.2, -0.15) is 0 Å². The van der Waals surface area contributed by atoms with Gasteiger partial charge in [0.2, 0.25) is 0 Å². The molecule has 0 aromatic heterocycles. The van der Waals surface area contributed by atoms with Crippen molar-refractivity contribution in [3.8, 4) is 0 Å². The molecule has 0 N–H and O–H groups in total. The van der Waals surface area contributed by atoms with E-state index >= 15 is 0 Å². The Hall–Kier alpha value is 2.12. The van der Waals surface area contributed by atoms with E-state index in [1.54, 1.807) is 6.92 Å². The van der Waals surface area contributed by atoms with Crippen molar-refractivity contribution in [1.82, 2.24) is 0 Å². The maximum atomic E-state index is 5.05. The molecule has 0 saturated heterocycles. The minimum Gasteiger partial charge on any atom is -0.125 e. The second kappa shape index (κ2) is 23.2. The Morgan fingerprint density at radius 2 is 1.17 bits per heavy atom. The van der Waals surface area contributed by atoms with E-state index in [4.69, 9.17) is 46.4 Å². The molecule has 0 rings (SSSR count). The zero-order valence-electron chi connectivity index (χ0n) is 6.67. The Balaban J connectivity index is -0.000000101. The Morgan fingerprint density at radius 1 is 1.00 bits per heavy atom.